The molecule has 3 aliphatic heterocycles. The van der Waals surface area contributed by atoms with E-state index in [1.165, 1.54) is 0 Å². The van der Waals surface area contributed by atoms with E-state index in [0.29, 0.717) is 28.4 Å². The first kappa shape index (κ1) is 17.7. The molecule has 0 unspecified atom stereocenters. The van der Waals surface area contributed by atoms with Gasteiger partial charge < -0.3 is 29.6 Å². The van der Waals surface area contributed by atoms with Crippen LogP contribution >= 0.6 is 0 Å². The molecule has 30 heavy (non-hydrogen) atoms. The quantitative estimate of drug-likeness (QED) is 0.310. The van der Waals surface area contributed by atoms with Crippen molar-refractivity contribution in [2.75, 3.05) is 6.79 Å². The number of cyclic esters (lactones) is 1. The third-order valence-corrected chi connectivity index (χ3v) is 5.75. The Morgan fingerprint density at radius 2 is 1.90 bits per heavy atom. The molecule has 2 N–H and O–H groups in total. The van der Waals surface area contributed by atoms with Crippen LogP contribution < -0.4 is 15.0 Å². The summed E-state index contributed by atoms with van der Waals surface area (Å²) in [5.41, 5.74) is 11.6. The maximum Gasteiger partial charge on any atom is 0.340 e. The standard InChI is InChI=1S/C20H14N3O6.Rf/c21-4-10-8-2-15-16(29-7-28-15)3-13(8)22-17-11(10)5-23-14(17)1-9-12(19(23)25)6-27-20(26)18(9)24;/h1-3,18,21,24H,4-7H2;/q-1;/t18-;/m0./s1. The van der Waals surface area contributed by atoms with Gasteiger partial charge in [-0.1, -0.05) is 5.56 Å². The Labute approximate surface area is 163 Å². The van der Waals surface area contributed by atoms with Crippen molar-refractivity contribution in [1.82, 2.24) is 9.55 Å². The first-order valence-electron chi connectivity index (χ1n) is 9.08. The predicted octanol–water partition coefficient (Wildman–Crippen LogP) is 1.80. The molecule has 0 bridgehead atoms. The summed E-state index contributed by atoms with van der Waals surface area (Å²) in [7, 11) is 0. The smallest absolute Gasteiger partial charge is 0.340 e. The molecule has 0 fully saturated rings. The minimum atomic E-state index is -1.49. The Balaban J connectivity index is 0.00000193. The van der Waals surface area contributed by atoms with Crippen molar-refractivity contribution in [3.05, 3.63) is 56.5 Å². The van der Waals surface area contributed by atoms with Crippen LogP contribution in [0, 0.1) is 0 Å². The SMILES string of the molecule is [NH-]Cc1c2c(nc3cc4c(cc13)OCO4)-c1cc3c(c(=O)n1C2)COC(=O)[C@H]3O.[Rf]. The van der Waals surface area contributed by atoms with Gasteiger partial charge in [-0.3, -0.25) is 4.79 Å². The second kappa shape index (κ2) is 5.79. The van der Waals surface area contributed by atoms with E-state index in [1.807, 2.05) is 6.07 Å². The van der Waals surface area contributed by atoms with Crippen molar-refractivity contribution < 1.29 is 24.1 Å². The Kier molecular flexibility index (Phi) is 3.40. The van der Waals surface area contributed by atoms with Gasteiger partial charge in [-0.15, -0.1) is 6.54 Å². The van der Waals surface area contributed by atoms with Gasteiger partial charge >= 0.3 is 5.97 Å². The largest absolute Gasteiger partial charge is 0.674 e. The number of benzene rings is 1. The van der Waals surface area contributed by atoms with Crippen molar-refractivity contribution in [3.8, 4) is 22.9 Å². The number of rotatable bonds is 1. The fourth-order valence-corrected chi connectivity index (χ4v) is 4.30. The summed E-state index contributed by atoms with van der Waals surface area (Å²) >= 11 is 0. The Bertz CT molecular complexity index is 1320. The molecular formula is C20H14N3O6Rf-. The average Bonchev–Trinajstić information content (AvgIpc) is 3.32. The van der Waals surface area contributed by atoms with Crippen molar-refractivity contribution in [1.29, 1.82) is 0 Å². The van der Waals surface area contributed by atoms with Gasteiger partial charge in [-0.25, -0.2) is 9.78 Å². The Morgan fingerprint density at radius 3 is 2.67 bits per heavy atom. The van der Waals surface area contributed by atoms with Gasteiger partial charge in [0.15, 0.2) is 17.6 Å². The number of aromatic nitrogens is 2. The number of pyridine rings is 2. The number of aliphatic hydroxyl groups excluding tert-OH is 1. The third-order valence-electron chi connectivity index (χ3n) is 5.75. The summed E-state index contributed by atoms with van der Waals surface area (Å²) in [5, 5.41) is 11.0. The summed E-state index contributed by atoms with van der Waals surface area (Å²) < 4.78 is 17.4. The average molecular weight is 659 g/mol. The zero-order chi connectivity index (χ0) is 19.9. The van der Waals surface area contributed by atoms with E-state index < -0.39 is 12.1 Å². The topological polar surface area (TPSA) is 124 Å². The maximum absolute atomic E-state index is 13.0. The molecule has 1 atom stereocenters. The van der Waals surface area contributed by atoms with Gasteiger partial charge in [0.2, 0.25) is 6.79 Å². The first-order valence-corrected chi connectivity index (χ1v) is 9.08. The number of ether oxygens (including phenoxy) is 3. The van der Waals surface area contributed by atoms with Gasteiger partial charge in [0.05, 0.1) is 29.0 Å². The minimum Gasteiger partial charge on any atom is -0.674 e. The molecule has 0 spiro atoms. The van der Waals surface area contributed by atoms with Crippen LogP contribution in [-0.4, -0.2) is 27.4 Å². The summed E-state index contributed by atoms with van der Waals surface area (Å²) in [6.45, 7) is 0.253. The molecule has 5 heterocycles. The molecule has 0 saturated carbocycles. The molecule has 0 amide bonds. The van der Waals surface area contributed by atoms with E-state index in [9.17, 15) is 14.7 Å². The molecule has 1 aromatic carbocycles. The zero-order valence-corrected chi connectivity index (χ0v) is 22.1. The normalized spacial score (nSPS) is 17.8. The number of fused-ring (bicyclic) bond motifs is 6. The second-order valence-electron chi connectivity index (χ2n) is 7.18. The molecule has 0 radical (unpaired) electrons. The van der Waals surface area contributed by atoms with E-state index >= 15 is 0 Å². The number of carbonyl (C=O) groups excluding carboxylic acids is 1. The van der Waals surface area contributed by atoms with Crippen molar-refractivity contribution in [2.24, 2.45) is 0 Å². The van der Waals surface area contributed by atoms with Gasteiger partial charge in [0.1, 0.15) is 6.61 Å². The fourth-order valence-electron chi connectivity index (χ4n) is 4.30. The third kappa shape index (κ3) is 2.05. The van der Waals surface area contributed by atoms with E-state index in [4.69, 9.17) is 24.9 Å². The molecule has 6 rings (SSSR count). The van der Waals surface area contributed by atoms with Gasteiger partial charge in [0, 0.05) is 22.6 Å². The number of hydrogen-bond acceptors (Lipinski definition) is 7. The van der Waals surface area contributed by atoms with Crippen molar-refractivity contribution in [2.45, 2.75) is 25.8 Å². The molecule has 148 valence electrons. The molecule has 9 nitrogen and oxygen atoms in total. The Morgan fingerprint density at radius 1 is 1.13 bits per heavy atom. The monoisotopic (exact) mass is 659 g/mol. The van der Waals surface area contributed by atoms with Crippen molar-refractivity contribution in [3.63, 3.8) is 0 Å². The second-order valence-corrected chi connectivity index (χ2v) is 7.18. The fraction of sp³-hybridized carbons (Fsp3) is 0.250. The van der Waals surface area contributed by atoms with E-state index in [2.05, 4.69) is 0 Å². The molecule has 0 saturated heterocycles. The van der Waals surface area contributed by atoms with E-state index in [0.717, 1.165) is 16.5 Å². The van der Waals surface area contributed by atoms with Crippen LogP contribution in [-0.2, 0) is 29.2 Å². The van der Waals surface area contributed by atoms with Crippen LogP contribution in [0.5, 0.6) is 11.5 Å². The molecule has 10 heteroatoms. The number of nitrogens with one attached hydrogen (secondary N) is 1. The molecule has 2 aromatic heterocycles. The summed E-state index contributed by atoms with van der Waals surface area (Å²) in [5.74, 6) is 0.418. The summed E-state index contributed by atoms with van der Waals surface area (Å²) in [4.78, 5) is 29.5. The maximum atomic E-state index is 13.0. The van der Waals surface area contributed by atoms with Crippen LogP contribution in [0.15, 0.2) is 23.0 Å². The van der Waals surface area contributed by atoms with Gasteiger partial charge in [0.25, 0.3) is 5.56 Å². The predicted molar refractivity (Wildman–Crippen MR) is 99.4 cm³/mol. The Hall–Kier alpha value is -4.43. The molecule has 3 aliphatic rings. The van der Waals surface area contributed by atoms with Crippen molar-refractivity contribution >= 4 is 16.9 Å². The molecule has 0 aliphatic carbocycles. The van der Waals surface area contributed by atoms with E-state index in [1.54, 1.807) is 16.7 Å². The number of hydrogen-bond donors (Lipinski definition) is 1. The molecular weight excluding hydrogens is 645 g/mol. The van der Waals surface area contributed by atoms with E-state index in [-0.39, 0.29) is 43.2 Å². The minimum absolute atomic E-state index is 0. The van der Waals surface area contributed by atoms with Crippen LogP contribution in [0.25, 0.3) is 28.0 Å². The zero-order valence-electron chi connectivity index (χ0n) is 15.7. The van der Waals surface area contributed by atoms with Gasteiger partial charge in [-0.05, 0) is 12.1 Å². The van der Waals surface area contributed by atoms with Crippen LogP contribution in [0.2, 0.25) is 0 Å². The molecule has 3 aromatic rings. The number of aliphatic hydroxyl groups is 1. The van der Waals surface area contributed by atoms with Gasteiger partial charge in [-0.2, -0.15) is 0 Å². The first-order chi connectivity index (χ1) is 14.1. The van der Waals surface area contributed by atoms with Crippen LogP contribution in [0.3, 0.4) is 0 Å². The number of carbonyl (C=O) groups is 1. The number of esters is 1. The summed E-state index contributed by atoms with van der Waals surface area (Å²) in [6, 6.07) is 5.22. The van der Waals surface area contributed by atoms with Crippen LogP contribution in [0.4, 0.5) is 0 Å². The van der Waals surface area contributed by atoms with Crippen LogP contribution in [0.1, 0.15) is 28.4 Å². The summed E-state index contributed by atoms with van der Waals surface area (Å²) in [6.07, 6.45) is -1.49. The number of nitrogens with zero attached hydrogens (tertiary/aromatic N) is 2.